The van der Waals surface area contributed by atoms with Gasteiger partial charge in [0, 0.05) is 19.0 Å². The second-order valence-corrected chi connectivity index (χ2v) is 5.45. The van der Waals surface area contributed by atoms with E-state index in [0.717, 1.165) is 25.9 Å². The molecule has 0 spiro atoms. The molecule has 0 N–H and O–H groups in total. The predicted molar refractivity (Wildman–Crippen MR) is 73.2 cm³/mol. The minimum absolute atomic E-state index is 0.0918. The quantitative estimate of drug-likeness (QED) is 0.689. The molecule has 2 saturated heterocycles. The average Bonchev–Trinajstić information content (AvgIpc) is 2.53. The molecule has 2 aliphatic rings. The molecule has 0 radical (unpaired) electrons. The summed E-state index contributed by atoms with van der Waals surface area (Å²) in [5, 5.41) is 0. The van der Waals surface area contributed by atoms with E-state index in [2.05, 4.69) is 4.90 Å². The lowest BCUT2D eigenvalue weighted by Gasteiger charge is -2.37. The van der Waals surface area contributed by atoms with Gasteiger partial charge in [-0.25, -0.2) is 0 Å². The summed E-state index contributed by atoms with van der Waals surface area (Å²) in [5.41, 5.74) is 0. The highest BCUT2D eigenvalue weighted by Crippen LogP contribution is 2.22. The molecule has 0 aliphatic carbocycles. The Kier molecular flexibility index (Phi) is 5.37. The zero-order chi connectivity index (χ0) is 14.5. The third kappa shape index (κ3) is 3.49. The average molecular weight is 284 g/mol. The zero-order valence-electron chi connectivity index (χ0n) is 12.3. The van der Waals surface area contributed by atoms with Crippen LogP contribution in [0.1, 0.15) is 19.8 Å². The van der Waals surface area contributed by atoms with Crippen molar-refractivity contribution in [1.82, 2.24) is 9.80 Å². The number of likely N-dealkylation sites (tertiary alicyclic amines) is 1. The summed E-state index contributed by atoms with van der Waals surface area (Å²) in [6.45, 7) is 6.10. The van der Waals surface area contributed by atoms with Crippen LogP contribution in [0, 0.1) is 5.92 Å². The molecule has 6 heteroatoms. The predicted octanol–water partition coefficient (Wildman–Crippen LogP) is 0.119. The van der Waals surface area contributed by atoms with Crippen molar-refractivity contribution in [2.75, 3.05) is 46.5 Å². The highest BCUT2D eigenvalue weighted by Gasteiger charge is 2.32. The molecule has 1 amide bonds. The van der Waals surface area contributed by atoms with Gasteiger partial charge < -0.3 is 14.4 Å². The number of carbonyl (C=O) groups excluding carboxylic acids is 2. The monoisotopic (exact) mass is 284 g/mol. The van der Waals surface area contributed by atoms with Crippen molar-refractivity contribution in [3.05, 3.63) is 0 Å². The number of methoxy groups -OCH3 is 1. The molecule has 0 aromatic heterocycles. The minimum atomic E-state index is -0.223. The molecule has 20 heavy (non-hydrogen) atoms. The van der Waals surface area contributed by atoms with Crippen molar-refractivity contribution in [3.63, 3.8) is 0 Å². The lowest BCUT2D eigenvalue weighted by atomic mass is 9.94. The van der Waals surface area contributed by atoms with Gasteiger partial charge in [-0.15, -0.1) is 0 Å². The van der Waals surface area contributed by atoms with E-state index in [1.165, 1.54) is 7.11 Å². The van der Waals surface area contributed by atoms with Crippen molar-refractivity contribution >= 4 is 11.9 Å². The van der Waals surface area contributed by atoms with Gasteiger partial charge in [-0.2, -0.15) is 0 Å². The lowest BCUT2D eigenvalue weighted by molar-refractivity contribution is -0.147. The molecular formula is C14H24N2O4. The number of ether oxygens (including phenoxy) is 2. The van der Waals surface area contributed by atoms with Gasteiger partial charge in [-0.3, -0.25) is 14.5 Å². The first kappa shape index (κ1) is 15.3. The van der Waals surface area contributed by atoms with E-state index in [4.69, 9.17) is 9.47 Å². The second-order valence-electron chi connectivity index (χ2n) is 5.45. The fraction of sp³-hybridized carbons (Fsp3) is 0.857. The Morgan fingerprint density at radius 2 is 1.75 bits per heavy atom. The van der Waals surface area contributed by atoms with Crippen LogP contribution in [0.15, 0.2) is 0 Å². The first-order valence-corrected chi connectivity index (χ1v) is 7.32. The lowest BCUT2D eigenvalue weighted by Crippen LogP contribution is -2.49. The van der Waals surface area contributed by atoms with Gasteiger partial charge in [0.1, 0.15) is 6.04 Å². The van der Waals surface area contributed by atoms with Crippen LogP contribution in [0.4, 0.5) is 0 Å². The molecule has 2 rings (SSSR count). The molecule has 2 fully saturated rings. The van der Waals surface area contributed by atoms with Crippen LogP contribution in [-0.4, -0.2) is 74.2 Å². The Bertz CT molecular complexity index is 347. The third-order valence-corrected chi connectivity index (χ3v) is 4.29. The van der Waals surface area contributed by atoms with E-state index in [1.807, 2.05) is 11.8 Å². The smallest absolute Gasteiger partial charge is 0.322 e. The fourth-order valence-corrected chi connectivity index (χ4v) is 2.90. The minimum Gasteiger partial charge on any atom is -0.468 e. The maximum absolute atomic E-state index is 12.4. The van der Waals surface area contributed by atoms with E-state index in [1.54, 1.807) is 0 Å². The molecule has 6 nitrogen and oxygen atoms in total. The molecule has 114 valence electrons. The van der Waals surface area contributed by atoms with Gasteiger partial charge in [0.2, 0.25) is 5.91 Å². The largest absolute Gasteiger partial charge is 0.468 e. The van der Waals surface area contributed by atoms with Crippen LogP contribution in [0.2, 0.25) is 0 Å². The van der Waals surface area contributed by atoms with Gasteiger partial charge in [-0.05, 0) is 32.9 Å². The first-order valence-electron chi connectivity index (χ1n) is 7.32. The second kappa shape index (κ2) is 7.04. The van der Waals surface area contributed by atoms with Crippen LogP contribution in [-0.2, 0) is 19.1 Å². The molecule has 0 aromatic carbocycles. The van der Waals surface area contributed by atoms with Crippen molar-refractivity contribution in [2.24, 2.45) is 5.92 Å². The van der Waals surface area contributed by atoms with Crippen molar-refractivity contribution in [2.45, 2.75) is 25.8 Å². The zero-order valence-corrected chi connectivity index (χ0v) is 12.3. The molecule has 1 unspecified atom stereocenters. The number of piperidine rings is 1. The molecule has 0 saturated carbocycles. The number of amides is 1. The van der Waals surface area contributed by atoms with E-state index in [0.29, 0.717) is 26.3 Å². The number of hydrogen-bond donors (Lipinski definition) is 0. The van der Waals surface area contributed by atoms with Gasteiger partial charge in [-0.1, -0.05) is 0 Å². The summed E-state index contributed by atoms with van der Waals surface area (Å²) in [7, 11) is 1.41. The maximum atomic E-state index is 12.4. The molecule has 2 aliphatic heterocycles. The van der Waals surface area contributed by atoms with E-state index >= 15 is 0 Å². The summed E-state index contributed by atoms with van der Waals surface area (Å²) in [5.74, 6) is 0.135. The van der Waals surface area contributed by atoms with Crippen LogP contribution in [0.25, 0.3) is 0 Å². The van der Waals surface area contributed by atoms with Gasteiger partial charge in [0.25, 0.3) is 0 Å². The van der Waals surface area contributed by atoms with Crippen LogP contribution in [0.5, 0.6) is 0 Å². The summed E-state index contributed by atoms with van der Waals surface area (Å²) >= 11 is 0. The molecule has 0 bridgehead atoms. The summed E-state index contributed by atoms with van der Waals surface area (Å²) in [4.78, 5) is 27.9. The van der Waals surface area contributed by atoms with Crippen LogP contribution < -0.4 is 0 Å². The molecule has 1 atom stereocenters. The van der Waals surface area contributed by atoms with Crippen molar-refractivity contribution in [3.8, 4) is 0 Å². The van der Waals surface area contributed by atoms with E-state index in [-0.39, 0.29) is 23.8 Å². The van der Waals surface area contributed by atoms with Crippen LogP contribution in [0.3, 0.4) is 0 Å². The number of esters is 1. The van der Waals surface area contributed by atoms with Gasteiger partial charge >= 0.3 is 5.97 Å². The molecule has 2 heterocycles. The Hall–Kier alpha value is -1.14. The van der Waals surface area contributed by atoms with E-state index in [9.17, 15) is 9.59 Å². The maximum Gasteiger partial charge on any atom is 0.322 e. The van der Waals surface area contributed by atoms with Crippen LogP contribution >= 0.6 is 0 Å². The highest BCUT2D eigenvalue weighted by atomic mass is 16.5. The third-order valence-electron chi connectivity index (χ3n) is 4.29. The Balaban J connectivity index is 1.81. The summed E-state index contributed by atoms with van der Waals surface area (Å²) in [6, 6.07) is -0.223. The number of hydrogen-bond acceptors (Lipinski definition) is 5. The molecule has 0 aromatic rings. The first-order chi connectivity index (χ1) is 9.63. The Morgan fingerprint density at radius 3 is 2.30 bits per heavy atom. The van der Waals surface area contributed by atoms with Crippen molar-refractivity contribution in [1.29, 1.82) is 0 Å². The SMILES string of the molecule is COC(=O)C(C)N1CCC(C(=O)N2CCOCC2)CC1. The number of carbonyl (C=O) groups is 2. The highest BCUT2D eigenvalue weighted by molar-refractivity contribution is 5.79. The summed E-state index contributed by atoms with van der Waals surface area (Å²) < 4.78 is 10.0. The Morgan fingerprint density at radius 1 is 1.15 bits per heavy atom. The normalized spacial score (nSPS) is 23.4. The number of rotatable bonds is 3. The van der Waals surface area contributed by atoms with Crippen molar-refractivity contribution < 1.29 is 19.1 Å². The summed E-state index contributed by atoms with van der Waals surface area (Å²) in [6.07, 6.45) is 1.63. The standard InChI is InChI=1S/C14H24N2O4/c1-11(14(18)19-2)15-5-3-12(4-6-15)13(17)16-7-9-20-10-8-16/h11-12H,3-10H2,1-2H3. The van der Waals surface area contributed by atoms with E-state index < -0.39 is 0 Å². The fourth-order valence-electron chi connectivity index (χ4n) is 2.90. The van der Waals surface area contributed by atoms with Gasteiger partial charge in [0.15, 0.2) is 0 Å². The number of morpholine rings is 1. The Labute approximate surface area is 120 Å². The topological polar surface area (TPSA) is 59.1 Å². The molecular weight excluding hydrogens is 260 g/mol. The number of nitrogens with zero attached hydrogens (tertiary/aromatic N) is 2. The van der Waals surface area contributed by atoms with Gasteiger partial charge in [0.05, 0.1) is 20.3 Å².